The second-order valence-corrected chi connectivity index (χ2v) is 4.80. The lowest BCUT2D eigenvalue weighted by Crippen LogP contribution is -2.17. The van der Waals surface area contributed by atoms with Crippen LogP contribution in [0.25, 0.3) is 0 Å². The number of carboxylic acid groups (broad SMARTS) is 1. The lowest BCUT2D eigenvalue weighted by atomic mass is 9.85. The van der Waals surface area contributed by atoms with Crippen LogP contribution >= 0.6 is 0 Å². The zero-order chi connectivity index (χ0) is 13.2. The fourth-order valence-corrected chi connectivity index (χ4v) is 1.47. The lowest BCUT2D eigenvalue weighted by molar-refractivity contribution is -0.131. The van der Waals surface area contributed by atoms with Crippen LogP contribution in [0.1, 0.15) is 36.7 Å². The molecule has 0 aliphatic carbocycles. The molecule has 1 aromatic rings. The normalized spacial score (nSPS) is 11.1. The van der Waals surface area contributed by atoms with E-state index in [2.05, 4.69) is 0 Å². The number of benzene rings is 1. The van der Waals surface area contributed by atoms with Crippen LogP contribution in [0, 0.1) is 0 Å². The van der Waals surface area contributed by atoms with Crippen LogP contribution in [0.5, 0.6) is 5.75 Å². The molecule has 1 N–H and O–H groups in total. The Kier molecular flexibility index (Phi) is 3.56. The molecule has 0 heterocycles. The average molecular weight is 236 g/mol. The second kappa shape index (κ2) is 4.57. The third-order valence-corrected chi connectivity index (χ3v) is 2.50. The monoisotopic (exact) mass is 236 g/mol. The van der Waals surface area contributed by atoms with E-state index in [9.17, 15) is 9.59 Å². The zero-order valence-corrected chi connectivity index (χ0v) is 10.4. The molecular formula is C13H16O4. The molecule has 0 aromatic heterocycles. The van der Waals surface area contributed by atoms with Crippen LogP contribution in [-0.2, 0) is 10.2 Å². The molecule has 0 amide bonds. The number of ketones is 1. The highest BCUT2D eigenvalue weighted by atomic mass is 16.5. The van der Waals surface area contributed by atoms with E-state index in [1.807, 2.05) is 26.8 Å². The quantitative estimate of drug-likeness (QED) is 0.645. The largest absolute Gasteiger partial charge is 0.496 e. The van der Waals surface area contributed by atoms with Crippen LogP contribution in [0.3, 0.4) is 0 Å². The van der Waals surface area contributed by atoms with Gasteiger partial charge >= 0.3 is 5.97 Å². The third-order valence-electron chi connectivity index (χ3n) is 2.50. The molecule has 17 heavy (non-hydrogen) atoms. The number of hydrogen-bond donors (Lipinski definition) is 1. The molecule has 0 radical (unpaired) electrons. The summed E-state index contributed by atoms with van der Waals surface area (Å²) in [5.74, 6) is -2.15. The van der Waals surface area contributed by atoms with Gasteiger partial charge in [-0.15, -0.1) is 0 Å². The molecule has 1 aromatic carbocycles. The highest BCUT2D eigenvalue weighted by Gasteiger charge is 2.22. The maximum atomic E-state index is 11.5. The molecule has 4 heteroatoms. The lowest BCUT2D eigenvalue weighted by Gasteiger charge is -2.20. The minimum atomic E-state index is -1.48. The van der Waals surface area contributed by atoms with Gasteiger partial charge in [-0.3, -0.25) is 4.79 Å². The van der Waals surface area contributed by atoms with E-state index >= 15 is 0 Å². The standard InChI is InChI=1S/C13H16O4/c1-13(2,3)8-5-6-10(17-4)9(7-8)11(14)12(15)16/h5-7H,1-4H3,(H,15,16). The molecule has 4 nitrogen and oxygen atoms in total. The Hall–Kier alpha value is -1.84. The molecule has 0 atom stereocenters. The first-order valence-electron chi connectivity index (χ1n) is 5.23. The van der Waals surface area contributed by atoms with E-state index in [0.29, 0.717) is 0 Å². The minimum Gasteiger partial charge on any atom is -0.496 e. The molecular weight excluding hydrogens is 220 g/mol. The summed E-state index contributed by atoms with van der Waals surface area (Å²) in [6.45, 7) is 5.97. The maximum absolute atomic E-state index is 11.5. The van der Waals surface area contributed by atoms with Crippen molar-refractivity contribution in [2.24, 2.45) is 0 Å². The van der Waals surface area contributed by atoms with Gasteiger partial charge < -0.3 is 9.84 Å². The fraction of sp³-hybridized carbons (Fsp3) is 0.385. The van der Waals surface area contributed by atoms with Gasteiger partial charge in [-0.1, -0.05) is 26.8 Å². The van der Waals surface area contributed by atoms with E-state index in [1.165, 1.54) is 7.11 Å². The molecule has 0 fully saturated rings. The number of ether oxygens (including phenoxy) is 1. The van der Waals surface area contributed by atoms with Crippen LogP contribution in [0.15, 0.2) is 18.2 Å². The van der Waals surface area contributed by atoms with Gasteiger partial charge in [0.2, 0.25) is 0 Å². The Morgan fingerprint density at radius 3 is 2.24 bits per heavy atom. The first-order chi connectivity index (χ1) is 7.77. The Morgan fingerprint density at radius 2 is 1.82 bits per heavy atom. The summed E-state index contributed by atoms with van der Waals surface area (Å²) in [7, 11) is 1.41. The number of hydrogen-bond acceptors (Lipinski definition) is 3. The first kappa shape index (κ1) is 13.2. The molecule has 0 saturated heterocycles. The number of Topliss-reactive ketones (excluding diaryl/α,β-unsaturated/α-hetero) is 1. The molecule has 0 aliphatic heterocycles. The van der Waals surface area contributed by atoms with Crippen molar-refractivity contribution >= 4 is 11.8 Å². The van der Waals surface area contributed by atoms with Gasteiger partial charge in [0, 0.05) is 0 Å². The van der Waals surface area contributed by atoms with Crippen molar-refractivity contribution in [2.45, 2.75) is 26.2 Å². The SMILES string of the molecule is COc1ccc(C(C)(C)C)cc1C(=O)C(=O)O. The van der Waals surface area contributed by atoms with Crippen molar-refractivity contribution in [3.05, 3.63) is 29.3 Å². The summed E-state index contributed by atoms with van der Waals surface area (Å²) >= 11 is 0. The van der Waals surface area contributed by atoms with Crippen molar-refractivity contribution in [3.63, 3.8) is 0 Å². The zero-order valence-electron chi connectivity index (χ0n) is 10.4. The second-order valence-electron chi connectivity index (χ2n) is 4.80. The van der Waals surface area contributed by atoms with Crippen molar-refractivity contribution in [2.75, 3.05) is 7.11 Å². The highest BCUT2D eigenvalue weighted by Crippen LogP contribution is 2.28. The van der Waals surface area contributed by atoms with Crippen molar-refractivity contribution in [1.82, 2.24) is 0 Å². The Labute approximate surface area is 100 Å². The van der Waals surface area contributed by atoms with Gasteiger partial charge in [0.1, 0.15) is 5.75 Å². The fourth-order valence-electron chi connectivity index (χ4n) is 1.47. The molecule has 0 unspecified atom stereocenters. The van der Waals surface area contributed by atoms with Crippen LogP contribution in [-0.4, -0.2) is 24.0 Å². The summed E-state index contributed by atoms with van der Waals surface area (Å²) in [5.41, 5.74) is 0.829. The number of aliphatic carboxylic acids is 1. The van der Waals surface area contributed by atoms with E-state index in [0.717, 1.165) is 5.56 Å². The summed E-state index contributed by atoms with van der Waals surface area (Å²) in [6, 6.07) is 5.03. The smallest absolute Gasteiger partial charge is 0.377 e. The first-order valence-corrected chi connectivity index (χ1v) is 5.23. The van der Waals surface area contributed by atoms with Crippen LogP contribution < -0.4 is 4.74 Å². The summed E-state index contributed by atoms with van der Waals surface area (Å²) in [5, 5.41) is 8.74. The van der Waals surface area contributed by atoms with Gasteiger partial charge in [0.15, 0.2) is 0 Å². The molecule has 0 spiro atoms. The van der Waals surface area contributed by atoms with E-state index in [4.69, 9.17) is 9.84 Å². The Bertz CT molecular complexity index is 455. The Morgan fingerprint density at radius 1 is 1.24 bits per heavy atom. The maximum Gasteiger partial charge on any atom is 0.377 e. The number of carboxylic acids is 1. The summed E-state index contributed by atoms with van der Waals surface area (Å²) in [6.07, 6.45) is 0. The van der Waals surface area contributed by atoms with Gasteiger partial charge in [-0.05, 0) is 23.1 Å². The number of rotatable bonds is 3. The third kappa shape index (κ3) is 2.84. The molecule has 0 aliphatic rings. The van der Waals surface area contributed by atoms with Crippen molar-refractivity contribution in [1.29, 1.82) is 0 Å². The van der Waals surface area contributed by atoms with Crippen molar-refractivity contribution in [3.8, 4) is 5.75 Å². The van der Waals surface area contributed by atoms with E-state index in [1.54, 1.807) is 12.1 Å². The van der Waals surface area contributed by atoms with Gasteiger partial charge in [0.05, 0.1) is 12.7 Å². The average Bonchev–Trinajstić information content (AvgIpc) is 2.25. The van der Waals surface area contributed by atoms with Crippen molar-refractivity contribution < 1.29 is 19.4 Å². The molecule has 92 valence electrons. The summed E-state index contributed by atoms with van der Waals surface area (Å²) < 4.78 is 5.00. The summed E-state index contributed by atoms with van der Waals surface area (Å²) in [4.78, 5) is 22.2. The van der Waals surface area contributed by atoms with Gasteiger partial charge in [-0.2, -0.15) is 0 Å². The predicted octanol–water partition coefficient (Wildman–Crippen LogP) is 2.26. The molecule has 0 saturated carbocycles. The highest BCUT2D eigenvalue weighted by molar-refractivity contribution is 6.40. The molecule has 0 bridgehead atoms. The van der Waals surface area contributed by atoms with Gasteiger partial charge in [-0.25, -0.2) is 4.79 Å². The predicted molar refractivity (Wildman–Crippen MR) is 63.7 cm³/mol. The van der Waals surface area contributed by atoms with Crippen LogP contribution in [0.2, 0.25) is 0 Å². The number of carbonyl (C=O) groups is 2. The number of methoxy groups -OCH3 is 1. The van der Waals surface area contributed by atoms with E-state index in [-0.39, 0.29) is 16.7 Å². The number of carbonyl (C=O) groups excluding carboxylic acids is 1. The van der Waals surface area contributed by atoms with Crippen LogP contribution in [0.4, 0.5) is 0 Å². The molecule has 1 rings (SSSR count). The Balaban J connectivity index is 3.35. The topological polar surface area (TPSA) is 63.6 Å². The minimum absolute atomic E-state index is 0.0902. The van der Waals surface area contributed by atoms with Gasteiger partial charge in [0.25, 0.3) is 5.78 Å². The van der Waals surface area contributed by atoms with E-state index < -0.39 is 11.8 Å².